The highest BCUT2D eigenvalue weighted by Crippen LogP contribution is 2.60. The average Bonchev–Trinajstić information content (AvgIpc) is 3.20. The van der Waals surface area contributed by atoms with Crippen LogP contribution >= 0.6 is 34.8 Å². The molecule has 0 saturated heterocycles. The molecule has 1 atom stereocenters. The Morgan fingerprint density at radius 2 is 1.63 bits per heavy atom. The molecule has 0 aromatic heterocycles. The molecule has 0 heterocycles. The third-order valence-corrected chi connectivity index (χ3v) is 5.07. The van der Waals surface area contributed by atoms with Gasteiger partial charge in [0.05, 0.1) is 5.38 Å². The molecule has 1 aliphatic rings. The summed E-state index contributed by atoms with van der Waals surface area (Å²) in [6.45, 7) is 0. The summed E-state index contributed by atoms with van der Waals surface area (Å²) in [5.74, 6) is 0. The summed E-state index contributed by atoms with van der Waals surface area (Å²) in [6.07, 6.45) is 2.20. The maximum absolute atomic E-state index is 6.72. The Balaban J connectivity index is 1.98. The maximum Gasteiger partial charge on any atom is 0.0696 e. The topological polar surface area (TPSA) is 0 Å². The van der Waals surface area contributed by atoms with Gasteiger partial charge in [-0.25, -0.2) is 0 Å². The van der Waals surface area contributed by atoms with Gasteiger partial charge in [0.15, 0.2) is 0 Å². The molecule has 1 saturated carbocycles. The van der Waals surface area contributed by atoms with Crippen LogP contribution < -0.4 is 0 Å². The summed E-state index contributed by atoms with van der Waals surface area (Å²) in [4.78, 5) is 0. The van der Waals surface area contributed by atoms with Crippen LogP contribution in [0.25, 0.3) is 0 Å². The van der Waals surface area contributed by atoms with Gasteiger partial charge in [0.1, 0.15) is 0 Å². The molecule has 2 aromatic carbocycles. The first-order valence-corrected chi connectivity index (χ1v) is 7.47. The van der Waals surface area contributed by atoms with Crippen LogP contribution in [0.2, 0.25) is 10.0 Å². The maximum atomic E-state index is 6.72. The lowest BCUT2D eigenvalue weighted by atomic mass is 9.88. The van der Waals surface area contributed by atoms with Crippen LogP contribution in [-0.4, -0.2) is 0 Å². The lowest BCUT2D eigenvalue weighted by molar-refractivity contribution is 0.662. The summed E-state index contributed by atoms with van der Waals surface area (Å²) in [5, 5.41) is 1.18. The number of benzene rings is 2. The number of alkyl halides is 1. The molecule has 0 bridgehead atoms. The molecule has 0 amide bonds. The van der Waals surface area contributed by atoms with Crippen molar-refractivity contribution < 1.29 is 0 Å². The Morgan fingerprint density at radius 3 is 2.21 bits per heavy atom. The zero-order chi connectivity index (χ0) is 13.5. The second-order valence-corrected chi connectivity index (χ2v) is 6.33. The van der Waals surface area contributed by atoms with Gasteiger partial charge in [-0.3, -0.25) is 0 Å². The lowest BCUT2D eigenvalue weighted by Crippen LogP contribution is -2.14. The fraction of sp³-hybridized carbons (Fsp3) is 0.250. The van der Waals surface area contributed by atoms with Crippen molar-refractivity contribution in [1.82, 2.24) is 0 Å². The lowest BCUT2D eigenvalue weighted by Gasteiger charge is -2.23. The highest BCUT2D eigenvalue weighted by Gasteiger charge is 2.50. The number of halogens is 3. The van der Waals surface area contributed by atoms with Gasteiger partial charge in [-0.1, -0.05) is 59.6 Å². The molecule has 98 valence electrons. The molecule has 0 radical (unpaired) electrons. The van der Waals surface area contributed by atoms with Crippen molar-refractivity contribution in [1.29, 1.82) is 0 Å². The van der Waals surface area contributed by atoms with Crippen LogP contribution in [0.4, 0.5) is 0 Å². The van der Waals surface area contributed by atoms with Crippen molar-refractivity contribution in [3.05, 3.63) is 69.7 Å². The van der Waals surface area contributed by atoms with Gasteiger partial charge < -0.3 is 0 Å². The van der Waals surface area contributed by atoms with Crippen molar-refractivity contribution in [3.8, 4) is 0 Å². The van der Waals surface area contributed by atoms with E-state index in [1.54, 1.807) is 6.07 Å². The number of rotatable bonds is 3. The van der Waals surface area contributed by atoms with Crippen molar-refractivity contribution in [2.45, 2.75) is 23.6 Å². The van der Waals surface area contributed by atoms with Crippen LogP contribution in [0.5, 0.6) is 0 Å². The first-order valence-electron chi connectivity index (χ1n) is 6.28. The number of hydrogen-bond donors (Lipinski definition) is 0. The molecule has 1 unspecified atom stereocenters. The fourth-order valence-corrected chi connectivity index (χ4v) is 3.71. The van der Waals surface area contributed by atoms with E-state index in [1.807, 2.05) is 18.2 Å². The molecule has 3 heteroatoms. The Hall–Kier alpha value is -0.690. The van der Waals surface area contributed by atoms with E-state index in [0.29, 0.717) is 10.0 Å². The highest BCUT2D eigenvalue weighted by atomic mass is 35.5. The molecule has 0 spiro atoms. The molecule has 1 aliphatic carbocycles. The summed E-state index contributed by atoms with van der Waals surface area (Å²) in [7, 11) is 0. The van der Waals surface area contributed by atoms with Crippen LogP contribution in [0.15, 0.2) is 48.5 Å². The predicted octanol–water partition coefficient (Wildman–Crippen LogP) is 6.01. The van der Waals surface area contributed by atoms with Crippen molar-refractivity contribution in [3.63, 3.8) is 0 Å². The van der Waals surface area contributed by atoms with E-state index in [2.05, 4.69) is 24.3 Å². The van der Waals surface area contributed by atoms with Gasteiger partial charge in [0.25, 0.3) is 0 Å². The van der Waals surface area contributed by atoms with E-state index < -0.39 is 0 Å². The van der Waals surface area contributed by atoms with Crippen LogP contribution in [0.3, 0.4) is 0 Å². The molecular formula is C16H13Cl3. The Labute approximate surface area is 128 Å². The Morgan fingerprint density at radius 1 is 0.947 bits per heavy atom. The van der Waals surface area contributed by atoms with E-state index in [1.165, 1.54) is 5.56 Å². The van der Waals surface area contributed by atoms with Gasteiger partial charge in [0, 0.05) is 15.5 Å². The standard InChI is InChI=1S/C16H13Cl3/c17-12-6-7-13(14(18)10-12)15(19)16(8-9-16)11-4-2-1-3-5-11/h1-7,10,15H,8-9H2. The molecule has 0 aliphatic heterocycles. The number of hydrogen-bond acceptors (Lipinski definition) is 0. The molecule has 0 nitrogen and oxygen atoms in total. The molecular weight excluding hydrogens is 299 g/mol. The predicted molar refractivity (Wildman–Crippen MR) is 82.4 cm³/mol. The second kappa shape index (κ2) is 5.01. The van der Waals surface area contributed by atoms with Crippen molar-refractivity contribution in [2.75, 3.05) is 0 Å². The van der Waals surface area contributed by atoms with Crippen LogP contribution in [0, 0.1) is 0 Å². The quantitative estimate of drug-likeness (QED) is 0.609. The molecule has 2 aromatic rings. The summed E-state index contributed by atoms with van der Waals surface area (Å²) in [6, 6.07) is 16.0. The van der Waals surface area contributed by atoms with Crippen molar-refractivity contribution >= 4 is 34.8 Å². The van der Waals surface area contributed by atoms with Gasteiger partial charge >= 0.3 is 0 Å². The molecule has 1 fully saturated rings. The molecule has 19 heavy (non-hydrogen) atoms. The summed E-state index contributed by atoms with van der Waals surface area (Å²) < 4.78 is 0. The SMILES string of the molecule is Clc1ccc(C(Cl)C2(c3ccccc3)CC2)c(Cl)c1. The van der Waals surface area contributed by atoms with E-state index in [9.17, 15) is 0 Å². The van der Waals surface area contributed by atoms with E-state index in [0.717, 1.165) is 18.4 Å². The highest BCUT2D eigenvalue weighted by molar-refractivity contribution is 6.36. The van der Waals surface area contributed by atoms with E-state index >= 15 is 0 Å². The van der Waals surface area contributed by atoms with E-state index in [-0.39, 0.29) is 10.8 Å². The van der Waals surface area contributed by atoms with Crippen LogP contribution in [0.1, 0.15) is 29.3 Å². The summed E-state index contributed by atoms with van der Waals surface area (Å²) in [5.41, 5.74) is 2.29. The Bertz CT molecular complexity index is 588. The minimum atomic E-state index is -0.111. The molecule has 0 N–H and O–H groups in total. The summed E-state index contributed by atoms with van der Waals surface area (Å²) >= 11 is 18.9. The van der Waals surface area contributed by atoms with Gasteiger partial charge in [0.2, 0.25) is 0 Å². The Kier molecular flexibility index (Phi) is 3.51. The fourth-order valence-electron chi connectivity index (χ4n) is 2.60. The monoisotopic (exact) mass is 310 g/mol. The normalized spacial score (nSPS) is 18.1. The van der Waals surface area contributed by atoms with Crippen LogP contribution in [-0.2, 0) is 5.41 Å². The van der Waals surface area contributed by atoms with Gasteiger partial charge in [-0.15, -0.1) is 11.6 Å². The zero-order valence-corrected chi connectivity index (χ0v) is 12.5. The minimum Gasteiger partial charge on any atom is -0.117 e. The third kappa shape index (κ3) is 2.38. The second-order valence-electron chi connectivity index (χ2n) is 5.05. The largest absolute Gasteiger partial charge is 0.117 e. The first-order chi connectivity index (χ1) is 9.13. The smallest absolute Gasteiger partial charge is 0.0696 e. The first kappa shape index (κ1) is 13.3. The average molecular weight is 312 g/mol. The zero-order valence-electron chi connectivity index (χ0n) is 10.2. The van der Waals surface area contributed by atoms with Crippen molar-refractivity contribution in [2.24, 2.45) is 0 Å². The minimum absolute atomic E-state index is 0.0281. The van der Waals surface area contributed by atoms with Gasteiger partial charge in [-0.05, 0) is 36.1 Å². The molecule has 3 rings (SSSR count). The van der Waals surface area contributed by atoms with Gasteiger partial charge in [-0.2, -0.15) is 0 Å². The third-order valence-electron chi connectivity index (χ3n) is 3.86. The van der Waals surface area contributed by atoms with E-state index in [4.69, 9.17) is 34.8 Å².